The number of methoxy groups -OCH3 is 1. The van der Waals surface area contributed by atoms with Gasteiger partial charge in [0.1, 0.15) is 18.0 Å². The summed E-state index contributed by atoms with van der Waals surface area (Å²) in [7, 11) is 1.53. The molecule has 132 valence electrons. The molecule has 1 aliphatic heterocycles. The summed E-state index contributed by atoms with van der Waals surface area (Å²) in [6.07, 6.45) is 5.99. The van der Waals surface area contributed by atoms with Crippen molar-refractivity contribution in [2.75, 3.05) is 13.7 Å². The van der Waals surface area contributed by atoms with Crippen LogP contribution in [0, 0.1) is 22.7 Å². The van der Waals surface area contributed by atoms with Crippen LogP contribution < -0.4 is 9.47 Å². The molecule has 0 unspecified atom stereocenters. The van der Waals surface area contributed by atoms with E-state index in [2.05, 4.69) is 16.3 Å². The van der Waals surface area contributed by atoms with Crippen LogP contribution in [0.4, 0.5) is 0 Å². The summed E-state index contributed by atoms with van der Waals surface area (Å²) in [6.45, 7) is 0.780. The summed E-state index contributed by atoms with van der Waals surface area (Å²) in [5.41, 5.74) is 1.24. The smallest absolute Gasteiger partial charge is 0.174 e. The standard InChI is InChI=1S/C19H19N5O2/c1-25-17-12-14(6-7-16(17)26-10-8-20)11-15(13-21)19-23-22-18-5-3-2-4-9-24(18)19/h6-7,11-12H,2-5,9-10H2,1H3/b15-11+. The molecule has 0 fully saturated rings. The molecule has 0 radical (unpaired) electrons. The van der Waals surface area contributed by atoms with Gasteiger partial charge in [0, 0.05) is 13.0 Å². The zero-order valence-electron chi connectivity index (χ0n) is 14.6. The van der Waals surface area contributed by atoms with E-state index in [1.807, 2.05) is 16.7 Å². The summed E-state index contributed by atoms with van der Waals surface area (Å²) >= 11 is 0. The number of rotatable bonds is 5. The van der Waals surface area contributed by atoms with Crippen molar-refractivity contribution in [2.24, 2.45) is 0 Å². The Morgan fingerprint density at radius 1 is 1.23 bits per heavy atom. The highest BCUT2D eigenvalue weighted by molar-refractivity contribution is 5.87. The second kappa shape index (κ2) is 8.17. The molecule has 1 aromatic heterocycles. The van der Waals surface area contributed by atoms with Crippen LogP contribution in [0.15, 0.2) is 18.2 Å². The van der Waals surface area contributed by atoms with Crippen molar-refractivity contribution >= 4 is 11.6 Å². The van der Waals surface area contributed by atoms with Gasteiger partial charge in [-0.05, 0) is 36.6 Å². The van der Waals surface area contributed by atoms with E-state index < -0.39 is 0 Å². The van der Waals surface area contributed by atoms with Gasteiger partial charge < -0.3 is 14.0 Å². The first-order valence-corrected chi connectivity index (χ1v) is 8.49. The molecule has 0 bridgehead atoms. The largest absolute Gasteiger partial charge is 0.493 e. The minimum absolute atomic E-state index is 0.0547. The normalized spacial score (nSPS) is 13.9. The van der Waals surface area contributed by atoms with Crippen LogP contribution in [-0.4, -0.2) is 28.5 Å². The number of ether oxygens (including phenoxy) is 2. The SMILES string of the molecule is COc1cc(/C=C(\C#N)c2nnc3n2CCCCC3)ccc1OCC#N. The Morgan fingerprint density at radius 2 is 2.12 bits per heavy atom. The predicted octanol–water partition coefficient (Wildman–Crippen LogP) is 2.98. The molecule has 0 saturated carbocycles. The number of fused-ring (bicyclic) bond motifs is 1. The van der Waals surface area contributed by atoms with Crippen LogP contribution in [0.2, 0.25) is 0 Å². The summed E-state index contributed by atoms with van der Waals surface area (Å²) in [5, 5.41) is 26.8. The van der Waals surface area contributed by atoms with Crippen molar-refractivity contribution in [1.29, 1.82) is 10.5 Å². The van der Waals surface area contributed by atoms with Crippen LogP contribution in [0.1, 0.15) is 36.5 Å². The van der Waals surface area contributed by atoms with Gasteiger partial charge in [-0.3, -0.25) is 0 Å². The van der Waals surface area contributed by atoms with Gasteiger partial charge >= 0.3 is 0 Å². The van der Waals surface area contributed by atoms with Crippen LogP contribution >= 0.6 is 0 Å². The fourth-order valence-corrected chi connectivity index (χ4v) is 3.00. The fourth-order valence-electron chi connectivity index (χ4n) is 3.00. The van der Waals surface area contributed by atoms with Crippen LogP contribution in [0.25, 0.3) is 11.6 Å². The Morgan fingerprint density at radius 3 is 2.88 bits per heavy atom. The van der Waals surface area contributed by atoms with E-state index in [-0.39, 0.29) is 6.61 Å². The lowest BCUT2D eigenvalue weighted by Gasteiger charge is -2.09. The Balaban J connectivity index is 1.94. The Kier molecular flexibility index (Phi) is 5.50. The zero-order valence-corrected chi connectivity index (χ0v) is 14.6. The van der Waals surface area contributed by atoms with Gasteiger partial charge in [0.25, 0.3) is 0 Å². The van der Waals surface area contributed by atoms with E-state index in [1.54, 1.807) is 18.2 Å². The maximum atomic E-state index is 9.64. The molecule has 2 aromatic rings. The first kappa shape index (κ1) is 17.5. The van der Waals surface area contributed by atoms with Gasteiger partial charge in [0.15, 0.2) is 23.9 Å². The Bertz CT molecular complexity index is 902. The van der Waals surface area contributed by atoms with Gasteiger partial charge in [0.05, 0.1) is 12.7 Å². The lowest BCUT2D eigenvalue weighted by Crippen LogP contribution is -2.05. The van der Waals surface area contributed by atoms with Gasteiger partial charge in [-0.25, -0.2) is 0 Å². The number of aromatic nitrogens is 3. The van der Waals surface area contributed by atoms with E-state index in [1.165, 1.54) is 7.11 Å². The van der Waals surface area contributed by atoms with Crippen LogP contribution in [0.3, 0.4) is 0 Å². The topological polar surface area (TPSA) is 96.8 Å². The highest BCUT2D eigenvalue weighted by Gasteiger charge is 2.18. The summed E-state index contributed by atoms with van der Waals surface area (Å²) in [6, 6.07) is 9.46. The molecular formula is C19H19N5O2. The van der Waals surface area contributed by atoms with Crippen molar-refractivity contribution in [1.82, 2.24) is 14.8 Å². The van der Waals surface area contributed by atoms with E-state index in [0.717, 1.165) is 43.6 Å². The summed E-state index contributed by atoms with van der Waals surface area (Å²) < 4.78 is 12.7. The average Bonchev–Trinajstić information content (AvgIpc) is 2.92. The van der Waals surface area contributed by atoms with Crippen LogP contribution in [-0.2, 0) is 13.0 Å². The highest BCUT2D eigenvalue weighted by atomic mass is 16.5. The molecule has 3 rings (SSSR count). The molecule has 0 spiro atoms. The highest BCUT2D eigenvalue weighted by Crippen LogP contribution is 2.30. The molecule has 0 aliphatic carbocycles. The lowest BCUT2D eigenvalue weighted by atomic mass is 10.1. The molecule has 2 heterocycles. The molecule has 0 atom stereocenters. The first-order chi connectivity index (χ1) is 12.8. The third-order valence-electron chi connectivity index (χ3n) is 4.26. The molecule has 26 heavy (non-hydrogen) atoms. The Labute approximate surface area is 152 Å². The van der Waals surface area contributed by atoms with Gasteiger partial charge in [0.2, 0.25) is 0 Å². The molecule has 0 N–H and O–H groups in total. The number of nitriles is 2. The summed E-state index contributed by atoms with van der Waals surface area (Å²) in [5.74, 6) is 2.54. The molecule has 0 saturated heterocycles. The van der Waals surface area contributed by atoms with Crippen molar-refractivity contribution in [3.8, 4) is 23.6 Å². The second-order valence-corrected chi connectivity index (χ2v) is 5.93. The van der Waals surface area contributed by atoms with Crippen molar-refractivity contribution < 1.29 is 9.47 Å². The predicted molar refractivity (Wildman–Crippen MR) is 95.2 cm³/mol. The first-order valence-electron chi connectivity index (χ1n) is 8.49. The monoisotopic (exact) mass is 349 g/mol. The summed E-state index contributed by atoms with van der Waals surface area (Å²) in [4.78, 5) is 0. The number of aryl methyl sites for hydroxylation is 1. The number of hydrogen-bond donors (Lipinski definition) is 0. The maximum Gasteiger partial charge on any atom is 0.174 e. The quantitative estimate of drug-likeness (QED) is 0.770. The van der Waals surface area contributed by atoms with Gasteiger partial charge in [-0.2, -0.15) is 10.5 Å². The average molecular weight is 349 g/mol. The molecular weight excluding hydrogens is 330 g/mol. The third kappa shape index (κ3) is 3.68. The van der Waals surface area contributed by atoms with Crippen molar-refractivity contribution in [3.05, 3.63) is 35.4 Å². The maximum absolute atomic E-state index is 9.64. The molecule has 7 nitrogen and oxygen atoms in total. The minimum atomic E-state index is -0.0547. The molecule has 1 aromatic carbocycles. The van der Waals surface area contributed by atoms with E-state index in [9.17, 15) is 5.26 Å². The van der Waals surface area contributed by atoms with E-state index in [0.29, 0.717) is 22.9 Å². The van der Waals surface area contributed by atoms with E-state index >= 15 is 0 Å². The zero-order chi connectivity index (χ0) is 18.4. The van der Waals surface area contributed by atoms with Gasteiger partial charge in [-0.1, -0.05) is 12.5 Å². The number of allylic oxidation sites excluding steroid dienone is 1. The number of nitrogens with zero attached hydrogens (tertiary/aromatic N) is 5. The molecule has 1 aliphatic rings. The molecule has 0 amide bonds. The molecule has 7 heteroatoms. The van der Waals surface area contributed by atoms with E-state index in [4.69, 9.17) is 14.7 Å². The fraction of sp³-hybridized carbons (Fsp3) is 0.368. The van der Waals surface area contributed by atoms with Crippen molar-refractivity contribution in [2.45, 2.75) is 32.2 Å². The third-order valence-corrected chi connectivity index (χ3v) is 4.26. The number of hydrogen-bond acceptors (Lipinski definition) is 6. The minimum Gasteiger partial charge on any atom is -0.493 e. The van der Waals surface area contributed by atoms with Crippen molar-refractivity contribution in [3.63, 3.8) is 0 Å². The lowest BCUT2D eigenvalue weighted by molar-refractivity contribution is 0.329. The Hall–Kier alpha value is -3.32. The number of benzene rings is 1. The van der Waals surface area contributed by atoms with Gasteiger partial charge in [-0.15, -0.1) is 10.2 Å². The second-order valence-electron chi connectivity index (χ2n) is 5.93. The van der Waals surface area contributed by atoms with Crippen LogP contribution in [0.5, 0.6) is 11.5 Å².